The predicted octanol–water partition coefficient (Wildman–Crippen LogP) is 4.56. The molecule has 0 saturated heterocycles. The molecule has 1 atom stereocenters. The summed E-state index contributed by atoms with van der Waals surface area (Å²) in [6.45, 7) is 10.9. The summed E-state index contributed by atoms with van der Waals surface area (Å²) in [5.41, 5.74) is 1.01. The Morgan fingerprint density at radius 3 is 2.80 bits per heavy atom. The van der Waals surface area contributed by atoms with Gasteiger partial charge in [-0.3, -0.25) is 14.3 Å². The van der Waals surface area contributed by atoms with E-state index in [9.17, 15) is 9.90 Å². The molecular weight excluding hydrogens is 336 g/mol. The van der Waals surface area contributed by atoms with E-state index in [4.69, 9.17) is 17.0 Å². The Morgan fingerprint density at radius 2 is 2.16 bits per heavy atom. The lowest BCUT2D eigenvalue weighted by molar-refractivity contribution is 0.225. The van der Waals surface area contributed by atoms with Gasteiger partial charge in [-0.15, -0.1) is 6.58 Å². The van der Waals surface area contributed by atoms with Gasteiger partial charge >= 0.3 is 0 Å². The van der Waals surface area contributed by atoms with Crippen LogP contribution in [0.5, 0.6) is 5.88 Å². The Kier molecular flexibility index (Phi) is 8.99. The highest BCUT2D eigenvalue weighted by molar-refractivity contribution is 7.71. The number of aromatic nitrogens is 2. The summed E-state index contributed by atoms with van der Waals surface area (Å²) >= 11 is 5.03. The van der Waals surface area contributed by atoms with Crippen molar-refractivity contribution in [3.63, 3.8) is 0 Å². The van der Waals surface area contributed by atoms with Gasteiger partial charge in [-0.25, -0.2) is 0 Å². The van der Waals surface area contributed by atoms with E-state index in [1.165, 1.54) is 22.5 Å². The molecule has 5 nitrogen and oxygen atoms in total. The number of H-pyrrole nitrogens is 1. The molecule has 1 rings (SSSR count). The highest BCUT2D eigenvalue weighted by Gasteiger charge is 2.09. The van der Waals surface area contributed by atoms with Crippen molar-refractivity contribution in [2.45, 2.75) is 46.6 Å². The highest BCUT2D eigenvalue weighted by atomic mass is 32.1. The number of hydrogen-bond donors (Lipinski definition) is 2. The molecule has 0 aliphatic carbocycles. The number of aromatic amines is 1. The average molecular weight is 365 g/mol. The second-order valence-corrected chi connectivity index (χ2v) is 6.71. The molecule has 0 amide bonds. The van der Waals surface area contributed by atoms with Crippen LogP contribution in [0.4, 0.5) is 0 Å². The van der Waals surface area contributed by atoms with Gasteiger partial charge in [-0.05, 0) is 57.3 Å². The van der Waals surface area contributed by atoms with Gasteiger partial charge in [-0.1, -0.05) is 24.6 Å². The lowest BCUT2D eigenvalue weighted by atomic mass is 10.0. The summed E-state index contributed by atoms with van der Waals surface area (Å²) < 4.78 is 7.02. The van der Waals surface area contributed by atoms with Gasteiger partial charge < -0.3 is 9.84 Å². The van der Waals surface area contributed by atoms with Crippen LogP contribution in [-0.2, 0) is 11.3 Å². The van der Waals surface area contributed by atoms with Crippen molar-refractivity contribution in [1.82, 2.24) is 9.55 Å². The maximum Gasteiger partial charge on any atom is 0.262 e. The Balaban J connectivity index is 2.58. The van der Waals surface area contributed by atoms with E-state index in [-0.39, 0.29) is 16.2 Å². The lowest BCUT2D eigenvalue weighted by Gasteiger charge is -2.10. The zero-order valence-corrected chi connectivity index (χ0v) is 16.1. The van der Waals surface area contributed by atoms with Crippen LogP contribution in [0.15, 0.2) is 35.4 Å². The van der Waals surface area contributed by atoms with E-state index in [1.54, 1.807) is 6.08 Å². The highest BCUT2D eigenvalue weighted by Crippen LogP contribution is 2.15. The third-order valence-electron chi connectivity index (χ3n) is 3.79. The quantitative estimate of drug-likeness (QED) is 0.276. The Bertz CT molecular complexity index is 740. The van der Waals surface area contributed by atoms with Gasteiger partial charge in [0.2, 0.25) is 5.88 Å². The summed E-state index contributed by atoms with van der Waals surface area (Å²) in [5.74, 6) is 0.374. The third kappa shape index (κ3) is 7.13. The fourth-order valence-electron chi connectivity index (χ4n) is 2.28. The zero-order valence-electron chi connectivity index (χ0n) is 15.2. The fourth-order valence-corrected chi connectivity index (χ4v) is 2.53. The molecule has 1 heterocycles. The summed E-state index contributed by atoms with van der Waals surface area (Å²) in [6.07, 6.45) is 9.87. The molecule has 0 aliphatic heterocycles. The zero-order chi connectivity index (χ0) is 18.8. The number of nitrogens with one attached hydrogen (secondary N) is 1. The van der Waals surface area contributed by atoms with Crippen LogP contribution < -0.4 is 5.56 Å². The maximum absolute atomic E-state index is 11.9. The van der Waals surface area contributed by atoms with Crippen LogP contribution in [0.3, 0.4) is 0 Å². The van der Waals surface area contributed by atoms with E-state index < -0.39 is 5.56 Å². The van der Waals surface area contributed by atoms with Crippen molar-refractivity contribution in [1.29, 1.82) is 0 Å². The molecule has 138 valence electrons. The van der Waals surface area contributed by atoms with Gasteiger partial charge in [0.05, 0.1) is 12.9 Å². The first kappa shape index (κ1) is 21.0. The molecule has 1 aromatic heterocycles. The van der Waals surface area contributed by atoms with Crippen molar-refractivity contribution in [2.75, 3.05) is 6.61 Å². The van der Waals surface area contributed by atoms with Crippen molar-refractivity contribution >= 4 is 18.3 Å². The first-order valence-corrected chi connectivity index (χ1v) is 8.86. The summed E-state index contributed by atoms with van der Waals surface area (Å²) in [7, 11) is 0. The van der Waals surface area contributed by atoms with Crippen LogP contribution in [0.25, 0.3) is 6.08 Å². The van der Waals surface area contributed by atoms with E-state index in [1.807, 2.05) is 0 Å². The maximum atomic E-state index is 11.9. The third-order valence-corrected chi connectivity index (χ3v) is 4.11. The van der Waals surface area contributed by atoms with E-state index in [0.717, 1.165) is 19.3 Å². The van der Waals surface area contributed by atoms with Crippen molar-refractivity contribution in [3.8, 4) is 5.88 Å². The Morgan fingerprint density at radius 1 is 1.44 bits per heavy atom. The number of hydrogen-bond acceptors (Lipinski definition) is 4. The van der Waals surface area contributed by atoms with Crippen LogP contribution in [0.2, 0.25) is 0 Å². The molecule has 6 heteroatoms. The minimum absolute atomic E-state index is 0.118. The van der Waals surface area contributed by atoms with E-state index >= 15 is 0 Å². The Hall–Kier alpha value is -2.08. The molecular formula is C19H28N2O3S. The normalized spacial score (nSPS) is 12.1. The molecule has 25 heavy (non-hydrogen) atoms. The molecule has 0 spiro atoms. The van der Waals surface area contributed by atoms with Gasteiger partial charge in [0.25, 0.3) is 5.56 Å². The van der Waals surface area contributed by atoms with Crippen molar-refractivity contribution in [3.05, 3.63) is 51.3 Å². The number of ether oxygens (including phenoxy) is 1. The smallest absolute Gasteiger partial charge is 0.262 e. The topological polar surface area (TPSA) is 67.2 Å². The predicted molar refractivity (Wildman–Crippen MR) is 105 cm³/mol. The van der Waals surface area contributed by atoms with E-state index in [2.05, 4.69) is 38.4 Å². The SMILES string of the molecule is C=CCn1c(O)c(C=COCCC(C)CCC=C(C)C)c(=O)[nH]c1=S. The van der Waals surface area contributed by atoms with Gasteiger partial charge in [-0.2, -0.15) is 0 Å². The summed E-state index contributed by atoms with van der Waals surface area (Å²) in [6, 6.07) is 0. The minimum Gasteiger partial charge on any atom is -0.501 e. The molecule has 0 aromatic carbocycles. The summed E-state index contributed by atoms with van der Waals surface area (Å²) in [4.78, 5) is 14.5. The van der Waals surface area contributed by atoms with Crippen molar-refractivity contribution < 1.29 is 9.84 Å². The molecule has 0 radical (unpaired) electrons. The fraction of sp³-hybridized carbons (Fsp3) is 0.474. The molecule has 0 aliphatic rings. The number of rotatable bonds is 10. The van der Waals surface area contributed by atoms with Gasteiger partial charge in [0.15, 0.2) is 4.77 Å². The van der Waals surface area contributed by atoms with Crippen molar-refractivity contribution in [2.24, 2.45) is 5.92 Å². The molecule has 1 aromatic rings. The van der Waals surface area contributed by atoms with Gasteiger partial charge in [0, 0.05) is 6.54 Å². The largest absolute Gasteiger partial charge is 0.501 e. The molecule has 1 unspecified atom stereocenters. The molecule has 0 saturated carbocycles. The Labute approximate surface area is 154 Å². The summed E-state index contributed by atoms with van der Waals surface area (Å²) in [5, 5.41) is 10.2. The van der Waals surface area contributed by atoms with Crippen LogP contribution in [0.1, 0.15) is 45.6 Å². The molecule has 0 bridgehead atoms. The van der Waals surface area contributed by atoms with Gasteiger partial charge in [0.1, 0.15) is 5.56 Å². The van der Waals surface area contributed by atoms with Crippen LogP contribution >= 0.6 is 12.2 Å². The minimum atomic E-state index is -0.447. The van der Waals surface area contributed by atoms with E-state index in [0.29, 0.717) is 19.1 Å². The number of nitrogens with zero attached hydrogens (tertiary/aromatic N) is 1. The van der Waals surface area contributed by atoms with Crippen LogP contribution in [-0.4, -0.2) is 21.3 Å². The first-order valence-electron chi connectivity index (χ1n) is 8.45. The molecule has 0 fully saturated rings. The number of aromatic hydroxyl groups is 1. The lowest BCUT2D eigenvalue weighted by Crippen LogP contribution is -2.16. The second-order valence-electron chi connectivity index (χ2n) is 6.32. The second kappa shape index (κ2) is 10.7. The molecule has 2 N–H and O–H groups in total. The first-order chi connectivity index (χ1) is 11.9. The monoisotopic (exact) mass is 364 g/mol. The number of allylic oxidation sites excluding steroid dienone is 3. The average Bonchev–Trinajstić information content (AvgIpc) is 2.53. The standard InChI is InChI=1S/C19H28N2O3S/c1-5-11-21-18(23)16(17(22)20-19(21)25)10-13-24-12-9-15(4)8-6-7-14(2)3/h5,7,10,13,15,23H,1,6,8-9,11-12H2,2-4H3,(H,20,22,25). The van der Waals surface area contributed by atoms with Crippen LogP contribution in [0, 0.1) is 10.7 Å².